The summed E-state index contributed by atoms with van der Waals surface area (Å²) in [4.78, 5) is 26.2. The number of likely N-dealkylation sites (N-methyl/N-ethyl adjacent to an activating group) is 1. The summed E-state index contributed by atoms with van der Waals surface area (Å²) in [6, 6.07) is 12.8. The Hall–Kier alpha value is -3.58. The molecule has 5 rings (SSSR count). The van der Waals surface area contributed by atoms with Crippen LogP contribution in [0.1, 0.15) is 92.9 Å². The van der Waals surface area contributed by atoms with Crippen LogP contribution in [0.3, 0.4) is 0 Å². The molecule has 0 spiro atoms. The van der Waals surface area contributed by atoms with Crippen molar-refractivity contribution in [2.24, 2.45) is 16.8 Å². The molecule has 1 N–H and O–H groups in total. The van der Waals surface area contributed by atoms with Gasteiger partial charge in [-0.3, -0.25) is 4.79 Å². The van der Waals surface area contributed by atoms with Gasteiger partial charge in [0.05, 0.1) is 13.2 Å². The van der Waals surface area contributed by atoms with E-state index in [0.29, 0.717) is 18.4 Å². The first-order valence-corrected chi connectivity index (χ1v) is 17.6. The first-order valence-electron chi connectivity index (χ1n) is 17.6. The maximum absolute atomic E-state index is 14.2. The van der Waals surface area contributed by atoms with Gasteiger partial charge in [-0.25, -0.2) is 4.99 Å². The van der Waals surface area contributed by atoms with Crippen LogP contribution < -0.4 is 15.0 Å². The van der Waals surface area contributed by atoms with Gasteiger partial charge in [-0.2, -0.15) is 0 Å². The van der Waals surface area contributed by atoms with Crippen molar-refractivity contribution in [2.75, 3.05) is 51.3 Å². The normalized spacial score (nSPS) is 20.9. The molecule has 0 radical (unpaired) electrons. The summed E-state index contributed by atoms with van der Waals surface area (Å²) >= 11 is 0. The second-order valence-corrected chi connectivity index (χ2v) is 13.1. The summed E-state index contributed by atoms with van der Waals surface area (Å²) in [5.74, 6) is 3.30. The number of ether oxygens (including phenoxy) is 1. The number of piperazine rings is 1. The lowest BCUT2D eigenvalue weighted by Gasteiger charge is -2.36. The molecule has 0 unspecified atom stereocenters. The number of amidine groups is 1. The Morgan fingerprint density at radius 2 is 1.93 bits per heavy atom. The molecule has 2 aliphatic heterocycles. The zero-order valence-electron chi connectivity index (χ0n) is 28.9. The zero-order valence-corrected chi connectivity index (χ0v) is 28.9. The molecule has 7 nitrogen and oxygen atoms in total. The first-order chi connectivity index (χ1) is 22.4. The van der Waals surface area contributed by atoms with Crippen LogP contribution in [0, 0.1) is 11.8 Å². The third-order valence-corrected chi connectivity index (χ3v) is 10.1. The van der Waals surface area contributed by atoms with Gasteiger partial charge in [0, 0.05) is 74.1 Å². The molecule has 2 heterocycles. The van der Waals surface area contributed by atoms with Crippen molar-refractivity contribution in [1.29, 1.82) is 0 Å². The van der Waals surface area contributed by atoms with Crippen LogP contribution in [0.15, 0.2) is 65.8 Å². The van der Waals surface area contributed by atoms with Gasteiger partial charge in [0.2, 0.25) is 0 Å². The quantitative estimate of drug-likeness (QED) is 0.0968. The van der Waals surface area contributed by atoms with Crippen molar-refractivity contribution in [3.8, 4) is 5.75 Å². The Kier molecular flexibility index (Phi) is 11.6. The molecule has 1 saturated heterocycles. The lowest BCUT2D eigenvalue weighted by Crippen LogP contribution is -2.46. The number of amides is 1. The monoisotopic (exact) mass is 625 g/mol. The van der Waals surface area contributed by atoms with Crippen LogP contribution in [0.5, 0.6) is 5.75 Å². The maximum Gasteiger partial charge on any atom is 0.255 e. The summed E-state index contributed by atoms with van der Waals surface area (Å²) in [5.41, 5.74) is 6.74. The fourth-order valence-electron chi connectivity index (χ4n) is 7.16. The van der Waals surface area contributed by atoms with Gasteiger partial charge in [-0.1, -0.05) is 65.0 Å². The van der Waals surface area contributed by atoms with Crippen LogP contribution >= 0.6 is 0 Å². The summed E-state index contributed by atoms with van der Waals surface area (Å²) in [6.07, 6.45) is 9.76. The molecule has 0 aromatic heterocycles. The molecule has 46 heavy (non-hydrogen) atoms. The van der Waals surface area contributed by atoms with Crippen molar-refractivity contribution in [2.45, 2.75) is 78.8 Å². The molecule has 2 aromatic carbocycles. The first kappa shape index (κ1) is 33.8. The molecule has 1 saturated carbocycles. The number of nitrogens with zero attached hydrogens (tertiary/aromatic N) is 4. The van der Waals surface area contributed by atoms with E-state index in [9.17, 15) is 4.79 Å². The number of rotatable bonds is 15. The topological polar surface area (TPSA) is 60.4 Å². The Bertz CT molecular complexity index is 1420. The van der Waals surface area contributed by atoms with Crippen molar-refractivity contribution >= 4 is 17.4 Å². The third-order valence-electron chi connectivity index (χ3n) is 10.1. The highest BCUT2D eigenvalue weighted by Gasteiger charge is 2.37. The fourth-order valence-corrected chi connectivity index (χ4v) is 7.16. The molecule has 2 fully saturated rings. The van der Waals surface area contributed by atoms with Gasteiger partial charge in [-0.05, 0) is 73.5 Å². The minimum atomic E-state index is -0.0541. The molecule has 2 aromatic rings. The van der Waals surface area contributed by atoms with E-state index >= 15 is 0 Å². The summed E-state index contributed by atoms with van der Waals surface area (Å²) in [5, 5.41) is 3.63. The lowest BCUT2D eigenvalue weighted by molar-refractivity contribution is 0.0689. The zero-order chi connectivity index (χ0) is 32.6. The minimum absolute atomic E-state index is 0.0541. The molecule has 248 valence electrons. The Labute approximate surface area is 277 Å². The van der Waals surface area contributed by atoms with Gasteiger partial charge < -0.3 is 24.8 Å². The number of hydrogen-bond donors (Lipinski definition) is 1. The van der Waals surface area contributed by atoms with E-state index in [1.807, 2.05) is 12.1 Å². The van der Waals surface area contributed by atoms with Gasteiger partial charge in [0.1, 0.15) is 11.6 Å². The van der Waals surface area contributed by atoms with E-state index in [2.05, 4.69) is 90.7 Å². The van der Waals surface area contributed by atoms with Gasteiger partial charge in [0.25, 0.3) is 5.91 Å². The van der Waals surface area contributed by atoms with E-state index in [1.54, 1.807) is 7.11 Å². The van der Waals surface area contributed by atoms with E-state index in [4.69, 9.17) is 9.73 Å². The summed E-state index contributed by atoms with van der Waals surface area (Å²) in [7, 11) is 1.75. The summed E-state index contributed by atoms with van der Waals surface area (Å²) in [6.45, 7) is 19.4. The highest BCUT2D eigenvalue weighted by atomic mass is 16.5. The largest absolute Gasteiger partial charge is 0.496 e. The minimum Gasteiger partial charge on any atom is -0.496 e. The SMILES string of the molecule is C=C/C=C(\N=C(/CC)NCCC[C@H](c1ccc(CCC)c(OC)c1)N1Cc2c(cccc2N2CCN(CC)CC2)C1=O)[C@@H]1C[C@@H]1C. The van der Waals surface area contributed by atoms with Crippen molar-refractivity contribution < 1.29 is 9.53 Å². The van der Waals surface area contributed by atoms with Gasteiger partial charge in [-0.15, -0.1) is 0 Å². The molecular weight excluding hydrogens is 570 g/mol. The smallest absolute Gasteiger partial charge is 0.255 e. The van der Waals surface area contributed by atoms with E-state index < -0.39 is 0 Å². The van der Waals surface area contributed by atoms with Crippen LogP contribution in [0.4, 0.5) is 5.69 Å². The van der Waals surface area contributed by atoms with Gasteiger partial charge >= 0.3 is 0 Å². The number of methoxy groups -OCH3 is 1. The molecule has 1 amide bonds. The maximum atomic E-state index is 14.2. The second-order valence-electron chi connectivity index (χ2n) is 13.1. The number of allylic oxidation sites excluding steroid dienone is 3. The van der Waals surface area contributed by atoms with Crippen LogP contribution in [-0.4, -0.2) is 67.9 Å². The molecule has 7 heteroatoms. The number of hydrogen-bond acceptors (Lipinski definition) is 5. The lowest BCUT2D eigenvalue weighted by atomic mass is 9.97. The molecule has 1 aliphatic carbocycles. The fraction of sp³-hybridized carbons (Fsp3) is 0.538. The number of anilines is 1. The summed E-state index contributed by atoms with van der Waals surface area (Å²) < 4.78 is 5.86. The van der Waals surface area contributed by atoms with Crippen molar-refractivity contribution in [3.05, 3.63) is 83.1 Å². The number of benzene rings is 2. The molecule has 3 aliphatic rings. The molecule has 0 bridgehead atoms. The highest BCUT2D eigenvalue weighted by molar-refractivity contribution is 6.00. The second kappa shape index (κ2) is 15.8. The van der Waals surface area contributed by atoms with Crippen LogP contribution in [0.25, 0.3) is 0 Å². The molecular formula is C39H55N5O2. The number of nitrogens with one attached hydrogen (secondary N) is 1. The molecule has 3 atom stereocenters. The Morgan fingerprint density at radius 3 is 2.59 bits per heavy atom. The van der Waals surface area contributed by atoms with E-state index in [-0.39, 0.29) is 11.9 Å². The van der Waals surface area contributed by atoms with E-state index in [1.165, 1.54) is 23.2 Å². The average Bonchev–Trinajstić information content (AvgIpc) is 3.73. The number of carbonyl (C=O) groups excluding carboxylic acids is 1. The third kappa shape index (κ3) is 7.68. The standard InChI is InChI=1S/C39H55N5O2/c1-7-13-29-18-19-30(26-37(29)46-6)35(17-12-20-40-38(9-3)41-34(14-8-2)32-25-28(32)5)44-27-33-31(39(44)45)15-11-16-36(33)43-23-21-42(10-4)22-24-43/h8,11,14-16,18-19,26,28,32,35H,2,7,9-10,12-13,17,20-25,27H2,1,3-6H3,(H,40,41)/b34-14-/t28-,32+,35+/m0/s1. The van der Waals surface area contributed by atoms with Crippen molar-refractivity contribution in [3.63, 3.8) is 0 Å². The number of aliphatic imine (C=N–C) groups is 1. The van der Waals surface area contributed by atoms with Gasteiger partial charge in [0.15, 0.2) is 0 Å². The van der Waals surface area contributed by atoms with Crippen molar-refractivity contribution in [1.82, 2.24) is 15.1 Å². The Balaban J connectivity index is 1.36. The predicted molar refractivity (Wildman–Crippen MR) is 191 cm³/mol. The Morgan fingerprint density at radius 1 is 1.15 bits per heavy atom. The predicted octanol–water partition coefficient (Wildman–Crippen LogP) is 7.39. The highest BCUT2D eigenvalue weighted by Crippen LogP contribution is 2.44. The van der Waals surface area contributed by atoms with E-state index in [0.717, 1.165) is 99.8 Å². The van der Waals surface area contributed by atoms with Crippen LogP contribution in [-0.2, 0) is 13.0 Å². The number of carbonyl (C=O) groups is 1. The number of aryl methyl sites for hydroxylation is 1. The number of fused-ring (bicyclic) bond motifs is 1. The van der Waals surface area contributed by atoms with Crippen LogP contribution in [0.2, 0.25) is 0 Å². The average molecular weight is 626 g/mol.